The summed E-state index contributed by atoms with van der Waals surface area (Å²) < 4.78 is 2.79. The highest BCUT2D eigenvalue weighted by molar-refractivity contribution is 9.10. The summed E-state index contributed by atoms with van der Waals surface area (Å²) in [6.07, 6.45) is 5.79. The van der Waals surface area contributed by atoms with Gasteiger partial charge in [-0.3, -0.25) is 0 Å². The van der Waals surface area contributed by atoms with E-state index >= 15 is 0 Å². The average molecular weight is 296 g/mol. The summed E-state index contributed by atoms with van der Waals surface area (Å²) in [4.78, 5) is 11.1. The maximum Gasteiger partial charge on any atom is 0.177 e. The Morgan fingerprint density at radius 2 is 2.06 bits per heavy atom. The molecule has 0 amide bonds. The zero-order chi connectivity index (χ0) is 11.8. The van der Waals surface area contributed by atoms with Gasteiger partial charge >= 0.3 is 0 Å². The van der Waals surface area contributed by atoms with Crippen LogP contribution in [0.15, 0.2) is 17.0 Å². The molecule has 5 nitrogen and oxygen atoms in total. The normalized spacial score (nSPS) is 18.9. The lowest BCUT2D eigenvalue weighted by Gasteiger charge is -2.29. The van der Waals surface area contributed by atoms with Crippen LogP contribution >= 0.6 is 15.9 Å². The second-order valence-electron chi connectivity index (χ2n) is 4.53. The van der Waals surface area contributed by atoms with Gasteiger partial charge in [0.05, 0.1) is 18.4 Å². The summed E-state index contributed by atoms with van der Waals surface area (Å²) in [5.41, 5.74) is 1.75. The van der Waals surface area contributed by atoms with Crippen LogP contribution in [0.2, 0.25) is 0 Å². The van der Waals surface area contributed by atoms with E-state index in [9.17, 15) is 0 Å². The van der Waals surface area contributed by atoms with Crippen molar-refractivity contribution in [1.29, 1.82) is 0 Å². The molecule has 0 unspecified atom stereocenters. The van der Waals surface area contributed by atoms with Gasteiger partial charge in [0.2, 0.25) is 0 Å². The SMILES string of the molecule is CN1CCC(n2ncc3nc(Br)cnc32)CC1. The van der Waals surface area contributed by atoms with Crippen LogP contribution in [-0.4, -0.2) is 44.8 Å². The fraction of sp³-hybridized carbons (Fsp3) is 0.545. The Balaban J connectivity index is 1.95. The Morgan fingerprint density at radius 3 is 2.82 bits per heavy atom. The van der Waals surface area contributed by atoms with Gasteiger partial charge in [-0.25, -0.2) is 14.6 Å². The highest BCUT2D eigenvalue weighted by atomic mass is 79.9. The number of halogens is 1. The summed E-state index contributed by atoms with van der Waals surface area (Å²) in [5.74, 6) is 0. The predicted molar refractivity (Wildman–Crippen MR) is 68.8 cm³/mol. The minimum atomic E-state index is 0.458. The van der Waals surface area contributed by atoms with Crippen LogP contribution < -0.4 is 0 Å². The average Bonchev–Trinajstić information content (AvgIpc) is 2.73. The molecule has 1 fully saturated rings. The molecule has 0 bridgehead atoms. The van der Waals surface area contributed by atoms with Crippen molar-refractivity contribution in [2.45, 2.75) is 18.9 Å². The van der Waals surface area contributed by atoms with E-state index in [0.717, 1.165) is 41.7 Å². The number of likely N-dealkylation sites (tertiary alicyclic amines) is 1. The van der Waals surface area contributed by atoms with E-state index in [2.05, 4.69) is 42.9 Å². The molecule has 2 aromatic heterocycles. The minimum Gasteiger partial charge on any atom is -0.306 e. The van der Waals surface area contributed by atoms with Gasteiger partial charge < -0.3 is 4.90 Å². The van der Waals surface area contributed by atoms with Crippen LogP contribution in [0.1, 0.15) is 18.9 Å². The standard InChI is InChI=1S/C11H14BrN5/c1-16-4-2-8(3-5-16)17-11-9(6-14-17)15-10(12)7-13-11/h6-8H,2-5H2,1H3. The second-order valence-corrected chi connectivity index (χ2v) is 5.34. The summed E-state index contributed by atoms with van der Waals surface area (Å²) >= 11 is 3.33. The first kappa shape index (κ1) is 11.1. The number of aromatic nitrogens is 4. The van der Waals surface area contributed by atoms with Gasteiger partial charge in [-0.05, 0) is 48.9 Å². The molecule has 0 N–H and O–H groups in total. The van der Waals surface area contributed by atoms with E-state index in [1.165, 1.54) is 0 Å². The van der Waals surface area contributed by atoms with Gasteiger partial charge in [-0.15, -0.1) is 0 Å². The van der Waals surface area contributed by atoms with E-state index in [-0.39, 0.29) is 0 Å². The van der Waals surface area contributed by atoms with Crippen LogP contribution in [0.25, 0.3) is 11.2 Å². The quantitative estimate of drug-likeness (QED) is 0.806. The molecule has 0 aromatic carbocycles. The molecule has 6 heteroatoms. The molecule has 1 aliphatic rings. The van der Waals surface area contributed by atoms with Gasteiger partial charge in [0, 0.05) is 0 Å². The smallest absolute Gasteiger partial charge is 0.177 e. The first-order valence-electron chi connectivity index (χ1n) is 5.78. The third-order valence-corrected chi connectivity index (χ3v) is 3.69. The summed E-state index contributed by atoms with van der Waals surface area (Å²) in [6.45, 7) is 2.24. The van der Waals surface area contributed by atoms with Crippen LogP contribution in [0.3, 0.4) is 0 Å². The van der Waals surface area contributed by atoms with Crippen molar-refractivity contribution in [3.05, 3.63) is 17.0 Å². The third-order valence-electron chi connectivity index (χ3n) is 3.31. The maximum atomic E-state index is 4.44. The van der Waals surface area contributed by atoms with Crippen molar-refractivity contribution in [3.63, 3.8) is 0 Å². The highest BCUT2D eigenvalue weighted by Crippen LogP contribution is 2.24. The van der Waals surface area contributed by atoms with Crippen molar-refractivity contribution in [2.24, 2.45) is 0 Å². The van der Waals surface area contributed by atoms with Crippen molar-refractivity contribution in [1.82, 2.24) is 24.6 Å². The number of rotatable bonds is 1. The molecule has 3 heterocycles. The Morgan fingerprint density at radius 1 is 1.29 bits per heavy atom. The zero-order valence-corrected chi connectivity index (χ0v) is 11.3. The highest BCUT2D eigenvalue weighted by Gasteiger charge is 2.21. The lowest BCUT2D eigenvalue weighted by atomic mass is 10.1. The zero-order valence-electron chi connectivity index (χ0n) is 9.67. The third kappa shape index (κ3) is 2.07. The second kappa shape index (κ2) is 4.34. The van der Waals surface area contributed by atoms with E-state index in [1.807, 2.05) is 4.68 Å². The number of hydrogen-bond donors (Lipinski definition) is 0. The van der Waals surface area contributed by atoms with Gasteiger partial charge in [0.1, 0.15) is 10.1 Å². The van der Waals surface area contributed by atoms with Crippen LogP contribution in [-0.2, 0) is 0 Å². The molecule has 1 saturated heterocycles. The molecular weight excluding hydrogens is 282 g/mol. The molecule has 17 heavy (non-hydrogen) atoms. The summed E-state index contributed by atoms with van der Waals surface area (Å²) in [6, 6.07) is 0.458. The Kier molecular flexibility index (Phi) is 2.84. The molecule has 0 saturated carbocycles. The summed E-state index contributed by atoms with van der Waals surface area (Å²) in [7, 11) is 2.16. The largest absolute Gasteiger partial charge is 0.306 e. The minimum absolute atomic E-state index is 0.458. The van der Waals surface area contributed by atoms with E-state index in [1.54, 1.807) is 12.4 Å². The van der Waals surface area contributed by atoms with Crippen molar-refractivity contribution < 1.29 is 0 Å². The maximum absolute atomic E-state index is 4.44. The van der Waals surface area contributed by atoms with Gasteiger partial charge in [0.15, 0.2) is 5.65 Å². The first-order valence-corrected chi connectivity index (χ1v) is 6.57. The molecule has 3 rings (SSSR count). The number of hydrogen-bond acceptors (Lipinski definition) is 4. The Bertz CT molecular complexity index is 530. The van der Waals surface area contributed by atoms with Crippen molar-refractivity contribution in [3.8, 4) is 0 Å². The van der Waals surface area contributed by atoms with Gasteiger partial charge in [-0.2, -0.15) is 5.10 Å². The molecule has 0 radical (unpaired) electrons. The Labute approximate surface area is 108 Å². The monoisotopic (exact) mass is 295 g/mol. The molecule has 2 aromatic rings. The number of piperidine rings is 1. The van der Waals surface area contributed by atoms with E-state index in [0.29, 0.717) is 6.04 Å². The lowest BCUT2D eigenvalue weighted by Crippen LogP contribution is -2.31. The van der Waals surface area contributed by atoms with Crippen LogP contribution in [0.5, 0.6) is 0 Å². The van der Waals surface area contributed by atoms with Crippen LogP contribution in [0.4, 0.5) is 0 Å². The molecule has 0 atom stereocenters. The van der Waals surface area contributed by atoms with Crippen molar-refractivity contribution >= 4 is 27.1 Å². The van der Waals surface area contributed by atoms with Crippen LogP contribution in [0, 0.1) is 0 Å². The molecule has 1 aliphatic heterocycles. The van der Waals surface area contributed by atoms with Crippen molar-refractivity contribution in [2.75, 3.05) is 20.1 Å². The molecule has 0 spiro atoms. The first-order chi connectivity index (χ1) is 8.24. The number of nitrogens with zero attached hydrogens (tertiary/aromatic N) is 5. The molecule has 0 aliphatic carbocycles. The number of fused-ring (bicyclic) bond motifs is 1. The van der Waals surface area contributed by atoms with E-state index in [4.69, 9.17) is 0 Å². The predicted octanol–water partition coefficient (Wildman–Crippen LogP) is 1.86. The van der Waals surface area contributed by atoms with E-state index < -0.39 is 0 Å². The molecular formula is C11H14BrN5. The van der Waals surface area contributed by atoms with Gasteiger partial charge in [0.25, 0.3) is 0 Å². The summed E-state index contributed by atoms with van der Waals surface area (Å²) in [5, 5.41) is 4.44. The molecule has 90 valence electrons. The van der Waals surface area contributed by atoms with Gasteiger partial charge in [-0.1, -0.05) is 0 Å². The Hall–Kier alpha value is -1.01. The fourth-order valence-electron chi connectivity index (χ4n) is 2.32. The fourth-order valence-corrected chi connectivity index (χ4v) is 2.61. The topological polar surface area (TPSA) is 46.8 Å². The lowest BCUT2D eigenvalue weighted by molar-refractivity contribution is 0.215.